The number of para-hydroxylation sites is 1. The van der Waals surface area contributed by atoms with Crippen molar-refractivity contribution in [1.82, 2.24) is 10.3 Å². The summed E-state index contributed by atoms with van der Waals surface area (Å²) in [4.78, 5) is 16.8. The van der Waals surface area contributed by atoms with Crippen LogP contribution in [0.15, 0.2) is 79.0 Å². The summed E-state index contributed by atoms with van der Waals surface area (Å²) in [7, 11) is -3.70. The SMILES string of the molecule is CC(C(=O)NCc1ccccn1)N(c1ccc(Oc2ccccc2)cc1)S(C)(=O)=O. The van der Waals surface area contributed by atoms with Crippen LogP contribution in [0.25, 0.3) is 0 Å². The van der Waals surface area contributed by atoms with Gasteiger partial charge in [-0.2, -0.15) is 0 Å². The number of hydrogen-bond donors (Lipinski definition) is 1. The standard InChI is InChI=1S/C22H23N3O4S/c1-17(22(26)24-16-18-8-6-7-15-23-18)25(30(2,27)28)19-11-13-21(14-12-19)29-20-9-4-3-5-10-20/h3-15,17H,16H2,1-2H3,(H,24,26). The minimum Gasteiger partial charge on any atom is -0.457 e. The van der Waals surface area contributed by atoms with Crippen molar-refractivity contribution in [3.63, 3.8) is 0 Å². The Morgan fingerprint density at radius 2 is 1.63 bits per heavy atom. The molecule has 156 valence electrons. The van der Waals surface area contributed by atoms with Crippen LogP contribution in [-0.4, -0.2) is 31.6 Å². The van der Waals surface area contributed by atoms with E-state index >= 15 is 0 Å². The van der Waals surface area contributed by atoms with Crippen molar-refractivity contribution in [2.75, 3.05) is 10.6 Å². The number of nitrogens with one attached hydrogen (secondary N) is 1. The molecule has 1 unspecified atom stereocenters. The summed E-state index contributed by atoms with van der Waals surface area (Å²) >= 11 is 0. The van der Waals surface area contributed by atoms with E-state index in [1.54, 1.807) is 49.5 Å². The fourth-order valence-corrected chi connectivity index (χ4v) is 4.10. The van der Waals surface area contributed by atoms with E-state index in [1.807, 2.05) is 36.4 Å². The largest absolute Gasteiger partial charge is 0.457 e. The third-order valence-corrected chi connectivity index (χ3v) is 5.57. The Hall–Kier alpha value is -3.39. The molecule has 3 aromatic rings. The second kappa shape index (κ2) is 9.41. The van der Waals surface area contributed by atoms with Crippen molar-refractivity contribution in [2.45, 2.75) is 19.5 Å². The molecule has 0 saturated heterocycles. The van der Waals surface area contributed by atoms with Crippen LogP contribution in [0.5, 0.6) is 11.5 Å². The van der Waals surface area contributed by atoms with Crippen molar-refractivity contribution in [3.05, 3.63) is 84.7 Å². The van der Waals surface area contributed by atoms with Gasteiger partial charge >= 0.3 is 0 Å². The maximum Gasteiger partial charge on any atom is 0.243 e. The highest BCUT2D eigenvalue weighted by Crippen LogP contribution is 2.26. The minimum atomic E-state index is -3.70. The Labute approximate surface area is 176 Å². The van der Waals surface area contributed by atoms with Gasteiger partial charge in [0, 0.05) is 6.20 Å². The van der Waals surface area contributed by atoms with E-state index in [9.17, 15) is 13.2 Å². The van der Waals surface area contributed by atoms with Gasteiger partial charge in [-0.15, -0.1) is 0 Å². The molecule has 0 aliphatic carbocycles. The molecule has 7 nitrogen and oxygen atoms in total. The molecule has 3 rings (SSSR count). The Balaban J connectivity index is 1.74. The van der Waals surface area contributed by atoms with E-state index in [0.29, 0.717) is 22.9 Å². The predicted molar refractivity (Wildman–Crippen MR) is 116 cm³/mol. The monoisotopic (exact) mass is 425 g/mol. The first kappa shape index (κ1) is 21.3. The highest BCUT2D eigenvalue weighted by atomic mass is 32.2. The lowest BCUT2D eigenvalue weighted by atomic mass is 10.2. The lowest BCUT2D eigenvalue weighted by molar-refractivity contribution is -0.122. The number of ether oxygens (including phenoxy) is 1. The van der Waals surface area contributed by atoms with Crippen LogP contribution >= 0.6 is 0 Å². The number of pyridine rings is 1. The van der Waals surface area contributed by atoms with Gasteiger partial charge in [-0.05, 0) is 55.5 Å². The number of aromatic nitrogens is 1. The number of carbonyl (C=O) groups excluding carboxylic acids is 1. The van der Waals surface area contributed by atoms with Crippen molar-refractivity contribution >= 4 is 21.6 Å². The smallest absolute Gasteiger partial charge is 0.243 e. The van der Waals surface area contributed by atoms with Crippen molar-refractivity contribution in [3.8, 4) is 11.5 Å². The number of anilines is 1. The molecule has 0 fully saturated rings. The van der Waals surface area contributed by atoms with E-state index in [2.05, 4.69) is 10.3 Å². The Bertz CT molecular complexity index is 1070. The number of nitrogens with zero attached hydrogens (tertiary/aromatic N) is 2. The van der Waals surface area contributed by atoms with E-state index in [1.165, 1.54) is 0 Å². The van der Waals surface area contributed by atoms with Crippen molar-refractivity contribution in [2.24, 2.45) is 0 Å². The van der Waals surface area contributed by atoms with Gasteiger partial charge in [0.2, 0.25) is 15.9 Å². The summed E-state index contributed by atoms with van der Waals surface area (Å²) in [5.74, 6) is 0.814. The highest BCUT2D eigenvalue weighted by Gasteiger charge is 2.29. The molecule has 8 heteroatoms. The number of carbonyl (C=O) groups is 1. The van der Waals surface area contributed by atoms with Crippen molar-refractivity contribution in [1.29, 1.82) is 0 Å². The molecule has 0 aliphatic heterocycles. The molecule has 1 N–H and O–H groups in total. The number of rotatable bonds is 8. The molecular formula is C22H23N3O4S. The molecular weight excluding hydrogens is 402 g/mol. The molecule has 1 heterocycles. The molecule has 0 saturated carbocycles. The summed E-state index contributed by atoms with van der Waals surface area (Å²) in [5.41, 5.74) is 1.06. The van der Waals surface area contributed by atoms with E-state index in [4.69, 9.17) is 4.74 Å². The number of hydrogen-bond acceptors (Lipinski definition) is 5. The number of benzene rings is 2. The van der Waals surface area contributed by atoms with E-state index in [0.717, 1.165) is 10.6 Å². The zero-order valence-electron chi connectivity index (χ0n) is 16.7. The fraction of sp³-hybridized carbons (Fsp3) is 0.182. The molecule has 1 amide bonds. The maximum atomic E-state index is 12.6. The summed E-state index contributed by atoms with van der Waals surface area (Å²) in [6, 6.07) is 20.3. The lowest BCUT2D eigenvalue weighted by Gasteiger charge is -2.28. The van der Waals surface area contributed by atoms with Gasteiger partial charge in [0.25, 0.3) is 0 Å². The number of sulfonamides is 1. The second-order valence-corrected chi connectivity index (χ2v) is 8.54. The number of amides is 1. The predicted octanol–water partition coefficient (Wildman–Crippen LogP) is 3.34. The van der Waals surface area contributed by atoms with Crippen LogP contribution in [-0.2, 0) is 21.4 Å². The third-order valence-electron chi connectivity index (χ3n) is 4.33. The summed E-state index contributed by atoms with van der Waals surface area (Å²) in [6.45, 7) is 1.76. The third kappa shape index (κ3) is 5.57. The lowest BCUT2D eigenvalue weighted by Crippen LogP contribution is -2.47. The summed E-state index contributed by atoms with van der Waals surface area (Å²) < 4.78 is 31.7. The van der Waals surface area contributed by atoms with Crippen LogP contribution < -0.4 is 14.4 Å². The average molecular weight is 426 g/mol. The Morgan fingerprint density at radius 3 is 2.23 bits per heavy atom. The molecule has 30 heavy (non-hydrogen) atoms. The quantitative estimate of drug-likeness (QED) is 0.598. The average Bonchev–Trinajstić information content (AvgIpc) is 2.74. The first-order valence-electron chi connectivity index (χ1n) is 9.34. The highest BCUT2D eigenvalue weighted by molar-refractivity contribution is 7.92. The van der Waals surface area contributed by atoms with E-state index in [-0.39, 0.29) is 6.54 Å². The minimum absolute atomic E-state index is 0.214. The van der Waals surface area contributed by atoms with Gasteiger partial charge in [0.15, 0.2) is 0 Å². The van der Waals surface area contributed by atoms with Gasteiger partial charge in [0.1, 0.15) is 17.5 Å². The zero-order chi connectivity index (χ0) is 21.6. The van der Waals surface area contributed by atoms with Gasteiger partial charge in [-0.1, -0.05) is 24.3 Å². The van der Waals surface area contributed by atoms with Gasteiger partial charge < -0.3 is 10.1 Å². The molecule has 1 aromatic heterocycles. The summed E-state index contributed by atoms with van der Waals surface area (Å²) in [6.07, 6.45) is 2.71. The van der Waals surface area contributed by atoms with Gasteiger partial charge in [-0.25, -0.2) is 8.42 Å². The fourth-order valence-electron chi connectivity index (χ4n) is 2.92. The molecule has 1 atom stereocenters. The Morgan fingerprint density at radius 1 is 1.00 bits per heavy atom. The van der Waals surface area contributed by atoms with Gasteiger partial charge in [0.05, 0.1) is 24.2 Å². The van der Waals surface area contributed by atoms with E-state index < -0.39 is 22.0 Å². The first-order chi connectivity index (χ1) is 14.3. The molecule has 0 spiro atoms. The normalized spacial score (nSPS) is 12.1. The molecule has 0 aliphatic rings. The second-order valence-electron chi connectivity index (χ2n) is 6.68. The van der Waals surface area contributed by atoms with Crippen LogP contribution in [0, 0.1) is 0 Å². The van der Waals surface area contributed by atoms with Gasteiger partial charge in [-0.3, -0.25) is 14.1 Å². The summed E-state index contributed by atoms with van der Waals surface area (Å²) in [5, 5.41) is 2.73. The molecule has 2 aromatic carbocycles. The van der Waals surface area contributed by atoms with Crippen LogP contribution in [0.2, 0.25) is 0 Å². The maximum absolute atomic E-state index is 12.6. The first-order valence-corrected chi connectivity index (χ1v) is 11.2. The van der Waals surface area contributed by atoms with Crippen LogP contribution in [0.4, 0.5) is 5.69 Å². The van der Waals surface area contributed by atoms with Crippen LogP contribution in [0.1, 0.15) is 12.6 Å². The molecule has 0 radical (unpaired) electrons. The van der Waals surface area contributed by atoms with Crippen LogP contribution in [0.3, 0.4) is 0 Å². The Kier molecular flexibility index (Phi) is 6.68. The molecule has 0 bridgehead atoms. The van der Waals surface area contributed by atoms with Crippen molar-refractivity contribution < 1.29 is 17.9 Å². The topological polar surface area (TPSA) is 88.6 Å². The zero-order valence-corrected chi connectivity index (χ0v) is 17.5.